The van der Waals surface area contributed by atoms with E-state index in [0.717, 1.165) is 11.1 Å². The average molecular weight is 293 g/mol. The van der Waals surface area contributed by atoms with E-state index in [1.807, 2.05) is 6.92 Å². The molecule has 0 aliphatic carbocycles. The zero-order valence-electron chi connectivity index (χ0n) is 10.9. The molecule has 5 heteroatoms. The summed E-state index contributed by atoms with van der Waals surface area (Å²) in [6.07, 6.45) is 0. The molecule has 0 fully saturated rings. The van der Waals surface area contributed by atoms with Crippen LogP contribution < -0.4 is 10.5 Å². The smallest absolute Gasteiger partial charge is 0.132 e. The van der Waals surface area contributed by atoms with E-state index in [4.69, 9.17) is 27.5 Å². The summed E-state index contributed by atoms with van der Waals surface area (Å²) in [6, 6.07) is 9.57. The van der Waals surface area contributed by atoms with Gasteiger partial charge < -0.3 is 10.5 Å². The Hall–Kier alpha value is -2.07. The highest BCUT2D eigenvalue weighted by Gasteiger charge is 2.11. The van der Waals surface area contributed by atoms with Crippen LogP contribution in [0.25, 0.3) is 0 Å². The van der Waals surface area contributed by atoms with Gasteiger partial charge in [-0.2, -0.15) is 0 Å². The maximum absolute atomic E-state index is 13.0. The first-order valence-corrected chi connectivity index (χ1v) is 6.37. The molecule has 0 aromatic heterocycles. The minimum Gasteiger partial charge on any atom is -0.488 e. The van der Waals surface area contributed by atoms with E-state index in [9.17, 15) is 4.39 Å². The van der Waals surface area contributed by atoms with Gasteiger partial charge in [0.05, 0.1) is 10.6 Å². The van der Waals surface area contributed by atoms with E-state index in [1.165, 1.54) is 12.1 Å². The molecule has 2 aromatic rings. The van der Waals surface area contributed by atoms with Crippen LogP contribution in [0.5, 0.6) is 5.75 Å². The summed E-state index contributed by atoms with van der Waals surface area (Å²) in [4.78, 5) is 0. The molecule has 0 spiro atoms. The first-order chi connectivity index (χ1) is 9.49. The molecule has 0 atom stereocenters. The predicted octanol–water partition coefficient (Wildman–Crippen LogP) is 3.65. The molecular weight excluding hydrogens is 279 g/mol. The molecule has 0 amide bonds. The van der Waals surface area contributed by atoms with E-state index in [2.05, 4.69) is 0 Å². The molecule has 0 saturated carbocycles. The molecule has 0 bridgehead atoms. The fraction of sp³-hybridized carbons (Fsp3) is 0.133. The van der Waals surface area contributed by atoms with Gasteiger partial charge in [0, 0.05) is 0 Å². The van der Waals surface area contributed by atoms with Crippen LogP contribution in [0.15, 0.2) is 36.4 Å². The molecule has 0 aliphatic rings. The second-order valence-electron chi connectivity index (χ2n) is 4.39. The van der Waals surface area contributed by atoms with Crippen molar-refractivity contribution in [1.29, 1.82) is 5.41 Å². The van der Waals surface area contributed by atoms with Gasteiger partial charge in [-0.1, -0.05) is 23.7 Å². The zero-order valence-corrected chi connectivity index (χ0v) is 11.7. The Labute approximate surface area is 121 Å². The van der Waals surface area contributed by atoms with Crippen LogP contribution >= 0.6 is 11.6 Å². The lowest BCUT2D eigenvalue weighted by Crippen LogP contribution is -2.14. The third-order valence-electron chi connectivity index (χ3n) is 2.93. The van der Waals surface area contributed by atoms with Crippen LogP contribution in [0, 0.1) is 18.2 Å². The fourth-order valence-electron chi connectivity index (χ4n) is 1.86. The fourth-order valence-corrected chi connectivity index (χ4v) is 2.13. The minimum atomic E-state index is -0.279. The SMILES string of the molecule is Cc1cc(F)ccc1COc1cccc(Cl)c1C(=N)N. The first-order valence-electron chi connectivity index (χ1n) is 6.00. The Morgan fingerprint density at radius 1 is 1.35 bits per heavy atom. The van der Waals surface area contributed by atoms with Crippen molar-refractivity contribution in [2.24, 2.45) is 5.73 Å². The molecule has 104 valence electrons. The average Bonchev–Trinajstić information content (AvgIpc) is 2.37. The Kier molecular flexibility index (Phi) is 4.25. The van der Waals surface area contributed by atoms with Gasteiger partial charge >= 0.3 is 0 Å². The molecule has 0 radical (unpaired) electrons. The highest BCUT2D eigenvalue weighted by Crippen LogP contribution is 2.27. The van der Waals surface area contributed by atoms with Gasteiger partial charge in [0.25, 0.3) is 0 Å². The van der Waals surface area contributed by atoms with Gasteiger partial charge in [-0.3, -0.25) is 5.41 Å². The lowest BCUT2D eigenvalue weighted by atomic mass is 10.1. The summed E-state index contributed by atoms with van der Waals surface area (Å²) >= 11 is 6.01. The van der Waals surface area contributed by atoms with Crippen molar-refractivity contribution in [1.82, 2.24) is 0 Å². The molecule has 2 rings (SSSR count). The van der Waals surface area contributed by atoms with Crippen LogP contribution in [0.2, 0.25) is 5.02 Å². The molecule has 0 unspecified atom stereocenters. The molecule has 0 aliphatic heterocycles. The second kappa shape index (κ2) is 5.92. The summed E-state index contributed by atoms with van der Waals surface area (Å²) in [5, 5.41) is 7.90. The van der Waals surface area contributed by atoms with Crippen molar-refractivity contribution in [2.75, 3.05) is 0 Å². The van der Waals surface area contributed by atoms with E-state index < -0.39 is 0 Å². The van der Waals surface area contributed by atoms with Gasteiger partial charge in [0.2, 0.25) is 0 Å². The molecular formula is C15H14ClFN2O. The van der Waals surface area contributed by atoms with E-state index in [-0.39, 0.29) is 18.3 Å². The van der Waals surface area contributed by atoms with Crippen LogP contribution in [0.4, 0.5) is 4.39 Å². The summed E-state index contributed by atoms with van der Waals surface area (Å²) in [5.74, 6) is 0.00795. The Morgan fingerprint density at radius 2 is 2.10 bits per heavy atom. The summed E-state index contributed by atoms with van der Waals surface area (Å²) in [7, 11) is 0. The molecule has 3 nitrogen and oxygen atoms in total. The van der Waals surface area contributed by atoms with Crippen LogP contribution in [-0.2, 0) is 6.61 Å². The molecule has 0 saturated heterocycles. The molecule has 0 heterocycles. The number of aryl methyl sites for hydroxylation is 1. The van der Waals surface area contributed by atoms with Crippen molar-refractivity contribution in [3.63, 3.8) is 0 Å². The summed E-state index contributed by atoms with van der Waals surface area (Å²) in [5.41, 5.74) is 7.54. The summed E-state index contributed by atoms with van der Waals surface area (Å²) < 4.78 is 18.7. The third-order valence-corrected chi connectivity index (χ3v) is 3.25. The van der Waals surface area contributed by atoms with Crippen LogP contribution in [0.1, 0.15) is 16.7 Å². The largest absolute Gasteiger partial charge is 0.488 e. The van der Waals surface area contributed by atoms with Crippen LogP contribution in [-0.4, -0.2) is 5.84 Å². The number of hydrogen-bond acceptors (Lipinski definition) is 2. The van der Waals surface area contributed by atoms with Crippen molar-refractivity contribution < 1.29 is 9.13 Å². The van der Waals surface area contributed by atoms with Gasteiger partial charge in [0.15, 0.2) is 0 Å². The monoisotopic (exact) mass is 292 g/mol. The second-order valence-corrected chi connectivity index (χ2v) is 4.79. The third kappa shape index (κ3) is 3.08. The van der Waals surface area contributed by atoms with Gasteiger partial charge in [-0.05, 0) is 42.3 Å². The number of halogens is 2. The lowest BCUT2D eigenvalue weighted by molar-refractivity contribution is 0.304. The first kappa shape index (κ1) is 14.3. The molecule has 20 heavy (non-hydrogen) atoms. The molecule has 2 aromatic carbocycles. The number of rotatable bonds is 4. The lowest BCUT2D eigenvalue weighted by Gasteiger charge is -2.13. The van der Waals surface area contributed by atoms with Gasteiger partial charge in [0.1, 0.15) is 24.0 Å². The Morgan fingerprint density at radius 3 is 2.75 bits per heavy atom. The Bertz CT molecular complexity index is 658. The normalized spacial score (nSPS) is 10.3. The number of nitrogens with two attached hydrogens (primary N) is 1. The Balaban J connectivity index is 2.23. The van der Waals surface area contributed by atoms with Gasteiger partial charge in [-0.15, -0.1) is 0 Å². The maximum Gasteiger partial charge on any atom is 0.132 e. The van der Waals surface area contributed by atoms with Crippen LogP contribution in [0.3, 0.4) is 0 Å². The number of hydrogen-bond donors (Lipinski definition) is 2. The zero-order chi connectivity index (χ0) is 14.7. The van der Waals surface area contributed by atoms with Crippen molar-refractivity contribution >= 4 is 17.4 Å². The number of nitrogen functional groups attached to an aromatic ring is 1. The number of amidine groups is 1. The van der Waals surface area contributed by atoms with E-state index in [1.54, 1.807) is 24.3 Å². The van der Waals surface area contributed by atoms with Crippen molar-refractivity contribution in [2.45, 2.75) is 13.5 Å². The minimum absolute atomic E-state index is 0.151. The van der Waals surface area contributed by atoms with Crippen molar-refractivity contribution in [3.8, 4) is 5.75 Å². The number of nitrogens with one attached hydrogen (secondary N) is 1. The topological polar surface area (TPSA) is 59.1 Å². The highest BCUT2D eigenvalue weighted by molar-refractivity contribution is 6.34. The van der Waals surface area contributed by atoms with E-state index >= 15 is 0 Å². The summed E-state index contributed by atoms with van der Waals surface area (Å²) in [6.45, 7) is 2.07. The van der Waals surface area contributed by atoms with Crippen molar-refractivity contribution in [3.05, 3.63) is 63.9 Å². The highest BCUT2D eigenvalue weighted by atomic mass is 35.5. The quantitative estimate of drug-likeness (QED) is 0.667. The standard InChI is InChI=1S/C15H14ClFN2O/c1-9-7-11(17)6-5-10(9)8-20-13-4-2-3-12(16)14(13)15(18)19/h2-7H,8H2,1H3,(H3,18,19). The molecule has 3 N–H and O–H groups in total. The predicted molar refractivity (Wildman–Crippen MR) is 77.9 cm³/mol. The van der Waals surface area contributed by atoms with Gasteiger partial charge in [-0.25, -0.2) is 4.39 Å². The number of ether oxygens (including phenoxy) is 1. The van der Waals surface area contributed by atoms with E-state index in [0.29, 0.717) is 16.3 Å². The number of benzene rings is 2. The maximum atomic E-state index is 13.0.